The molecule has 2 aromatic rings. The van der Waals surface area contributed by atoms with E-state index in [9.17, 15) is 4.79 Å². The highest BCUT2D eigenvalue weighted by molar-refractivity contribution is 7.09. The molecular formula is C22H32N4O2S. The van der Waals surface area contributed by atoms with Gasteiger partial charge in [-0.15, -0.1) is 11.3 Å². The zero-order valence-electron chi connectivity index (χ0n) is 17.8. The van der Waals surface area contributed by atoms with Gasteiger partial charge in [-0.2, -0.15) is 0 Å². The Balaban J connectivity index is 1.44. The van der Waals surface area contributed by atoms with Gasteiger partial charge in [0.1, 0.15) is 0 Å². The zero-order chi connectivity index (χ0) is 20.9. The lowest BCUT2D eigenvalue weighted by atomic mass is 9.98. The number of carbonyl (C=O) groups excluding carboxylic acids is 1. The Hall–Kier alpha value is -1.96. The summed E-state index contributed by atoms with van der Waals surface area (Å²) >= 11 is 1.64. The molecule has 0 spiro atoms. The van der Waals surface area contributed by atoms with E-state index in [0.29, 0.717) is 13.1 Å². The smallest absolute Gasteiger partial charge is 0.315 e. The summed E-state index contributed by atoms with van der Waals surface area (Å²) in [5.41, 5.74) is 3.30. The van der Waals surface area contributed by atoms with E-state index in [1.165, 1.54) is 5.56 Å². The van der Waals surface area contributed by atoms with Crippen molar-refractivity contribution in [3.8, 4) is 0 Å². The molecule has 1 fully saturated rings. The third-order valence-corrected chi connectivity index (χ3v) is 6.12. The van der Waals surface area contributed by atoms with Crippen LogP contribution in [0.3, 0.4) is 0 Å². The van der Waals surface area contributed by atoms with E-state index in [1.807, 2.05) is 11.4 Å². The van der Waals surface area contributed by atoms with Gasteiger partial charge in [-0.3, -0.25) is 4.90 Å². The molecule has 2 N–H and O–H groups in total. The first kappa shape index (κ1) is 21.7. The second-order valence-corrected chi connectivity index (χ2v) is 9.52. The van der Waals surface area contributed by atoms with Gasteiger partial charge in [-0.05, 0) is 18.1 Å². The minimum Gasteiger partial charge on any atom is -0.376 e. The molecule has 158 valence electrons. The normalized spacial score (nSPS) is 17.9. The van der Waals surface area contributed by atoms with Crippen molar-refractivity contribution in [2.75, 3.05) is 19.7 Å². The molecule has 6 nitrogen and oxygen atoms in total. The number of carbonyl (C=O) groups is 1. The topological polar surface area (TPSA) is 66.5 Å². The summed E-state index contributed by atoms with van der Waals surface area (Å²) in [4.78, 5) is 19.2. The van der Waals surface area contributed by atoms with Crippen molar-refractivity contribution in [3.63, 3.8) is 0 Å². The summed E-state index contributed by atoms with van der Waals surface area (Å²) in [6.07, 6.45) is 0.287. The van der Waals surface area contributed by atoms with Crippen LogP contribution >= 0.6 is 11.3 Å². The van der Waals surface area contributed by atoms with Gasteiger partial charge in [-0.1, -0.05) is 45.0 Å². The lowest BCUT2D eigenvalue weighted by Gasteiger charge is -2.31. The van der Waals surface area contributed by atoms with Crippen LogP contribution in [0, 0.1) is 0 Å². The number of amides is 2. The minimum absolute atomic E-state index is 0.0372. The number of aromatic nitrogens is 1. The Morgan fingerprint density at radius 2 is 2.03 bits per heavy atom. The molecule has 0 saturated carbocycles. The van der Waals surface area contributed by atoms with Gasteiger partial charge in [0.15, 0.2) is 0 Å². The first-order chi connectivity index (χ1) is 13.8. The van der Waals surface area contributed by atoms with Crippen LogP contribution in [0.5, 0.6) is 0 Å². The van der Waals surface area contributed by atoms with E-state index in [0.717, 1.165) is 42.5 Å². The maximum atomic E-state index is 12.2. The first-order valence-corrected chi connectivity index (χ1v) is 11.1. The molecule has 29 heavy (non-hydrogen) atoms. The maximum absolute atomic E-state index is 12.2. The molecule has 2 amide bonds. The number of nitrogens with zero attached hydrogens (tertiary/aromatic N) is 2. The molecule has 1 aromatic heterocycles. The highest BCUT2D eigenvalue weighted by atomic mass is 32.1. The van der Waals surface area contributed by atoms with Gasteiger partial charge in [0.05, 0.1) is 30.0 Å². The summed E-state index contributed by atoms with van der Waals surface area (Å²) in [5, 5.41) is 8.92. The molecule has 7 heteroatoms. The van der Waals surface area contributed by atoms with Gasteiger partial charge >= 0.3 is 6.03 Å². The van der Waals surface area contributed by atoms with Crippen molar-refractivity contribution in [2.45, 2.75) is 58.8 Å². The van der Waals surface area contributed by atoms with Crippen LogP contribution in [0.15, 0.2) is 29.6 Å². The SMILES string of the molecule is CC1CN(Cc2cccc(CNC(=O)NCc3csc(C(C)(C)C)n3)c2)CCO1. The second kappa shape index (κ2) is 9.69. The quantitative estimate of drug-likeness (QED) is 0.754. The molecule has 2 heterocycles. The molecular weight excluding hydrogens is 384 g/mol. The molecule has 3 rings (SSSR count). The Bertz CT molecular complexity index is 815. The number of benzene rings is 1. The average Bonchev–Trinajstić information content (AvgIpc) is 3.15. The van der Waals surface area contributed by atoms with E-state index in [-0.39, 0.29) is 17.6 Å². The number of thiazole rings is 1. The van der Waals surface area contributed by atoms with Gasteiger partial charge in [0.2, 0.25) is 0 Å². The molecule has 1 aromatic carbocycles. The van der Waals surface area contributed by atoms with E-state index >= 15 is 0 Å². The number of morpholine rings is 1. The summed E-state index contributed by atoms with van der Waals surface area (Å²) in [5.74, 6) is 0. The van der Waals surface area contributed by atoms with E-state index in [2.05, 4.69) is 66.4 Å². The molecule has 1 saturated heterocycles. The molecule has 1 atom stereocenters. The number of ether oxygens (including phenoxy) is 1. The molecule has 0 radical (unpaired) electrons. The van der Waals surface area contributed by atoms with Crippen molar-refractivity contribution in [2.24, 2.45) is 0 Å². The van der Waals surface area contributed by atoms with Crippen molar-refractivity contribution in [3.05, 3.63) is 51.5 Å². The van der Waals surface area contributed by atoms with Crippen LogP contribution in [0.2, 0.25) is 0 Å². The second-order valence-electron chi connectivity index (χ2n) is 8.67. The maximum Gasteiger partial charge on any atom is 0.315 e. The molecule has 0 bridgehead atoms. The molecule has 1 aliphatic heterocycles. The van der Waals surface area contributed by atoms with Crippen LogP contribution in [0.25, 0.3) is 0 Å². The standard InChI is InChI=1S/C22H32N4O2S/c1-16-13-26(8-9-28-16)14-18-7-5-6-17(10-18)11-23-21(27)24-12-19-15-29-20(25-19)22(2,3)4/h5-7,10,15-16H,8-9,11-14H2,1-4H3,(H2,23,24,27). The fourth-order valence-electron chi connectivity index (χ4n) is 3.28. The predicted octanol–water partition coefficient (Wildman–Crippen LogP) is 3.66. The summed E-state index contributed by atoms with van der Waals surface area (Å²) < 4.78 is 5.61. The zero-order valence-corrected chi connectivity index (χ0v) is 18.6. The van der Waals surface area contributed by atoms with Gasteiger partial charge in [0.25, 0.3) is 0 Å². The van der Waals surface area contributed by atoms with Crippen LogP contribution < -0.4 is 10.6 Å². The number of nitrogens with one attached hydrogen (secondary N) is 2. The van der Waals surface area contributed by atoms with Crippen molar-refractivity contribution in [1.29, 1.82) is 0 Å². The summed E-state index contributed by atoms with van der Waals surface area (Å²) in [6.45, 7) is 13.1. The highest BCUT2D eigenvalue weighted by Gasteiger charge is 2.18. The van der Waals surface area contributed by atoms with Gasteiger partial charge < -0.3 is 15.4 Å². The summed E-state index contributed by atoms with van der Waals surface area (Å²) in [6, 6.07) is 8.22. The monoisotopic (exact) mass is 416 g/mol. The third-order valence-electron chi connectivity index (χ3n) is 4.80. The number of rotatable bonds is 6. The van der Waals surface area contributed by atoms with Crippen LogP contribution in [-0.4, -0.2) is 41.7 Å². The Labute approximate surface area is 177 Å². The van der Waals surface area contributed by atoms with E-state index < -0.39 is 0 Å². The van der Waals surface area contributed by atoms with Gasteiger partial charge in [0, 0.05) is 37.0 Å². The number of urea groups is 1. The third kappa shape index (κ3) is 6.80. The van der Waals surface area contributed by atoms with Gasteiger partial charge in [-0.25, -0.2) is 9.78 Å². The first-order valence-electron chi connectivity index (χ1n) is 10.2. The lowest BCUT2D eigenvalue weighted by Crippen LogP contribution is -2.40. The number of hydrogen-bond acceptors (Lipinski definition) is 5. The van der Waals surface area contributed by atoms with Crippen molar-refractivity contribution in [1.82, 2.24) is 20.5 Å². The van der Waals surface area contributed by atoms with Crippen molar-refractivity contribution >= 4 is 17.4 Å². The minimum atomic E-state index is -0.178. The Morgan fingerprint density at radius 1 is 1.28 bits per heavy atom. The highest BCUT2D eigenvalue weighted by Crippen LogP contribution is 2.25. The average molecular weight is 417 g/mol. The van der Waals surface area contributed by atoms with Crippen LogP contribution in [0.1, 0.15) is 49.5 Å². The summed E-state index contributed by atoms with van der Waals surface area (Å²) in [7, 11) is 0. The molecule has 0 aliphatic carbocycles. The molecule has 1 aliphatic rings. The fourth-order valence-corrected chi connectivity index (χ4v) is 4.19. The van der Waals surface area contributed by atoms with Crippen LogP contribution in [-0.2, 0) is 29.8 Å². The van der Waals surface area contributed by atoms with E-state index in [1.54, 1.807) is 11.3 Å². The Kier molecular flexibility index (Phi) is 7.27. The Morgan fingerprint density at radius 3 is 2.76 bits per heavy atom. The lowest BCUT2D eigenvalue weighted by molar-refractivity contribution is -0.0212. The predicted molar refractivity (Wildman–Crippen MR) is 117 cm³/mol. The van der Waals surface area contributed by atoms with Crippen LogP contribution in [0.4, 0.5) is 4.79 Å². The largest absolute Gasteiger partial charge is 0.376 e. The van der Waals surface area contributed by atoms with E-state index in [4.69, 9.17) is 4.74 Å². The molecule has 1 unspecified atom stereocenters. The number of hydrogen-bond donors (Lipinski definition) is 2. The van der Waals surface area contributed by atoms with Crippen molar-refractivity contribution < 1.29 is 9.53 Å². The fraction of sp³-hybridized carbons (Fsp3) is 0.545.